The summed E-state index contributed by atoms with van der Waals surface area (Å²) in [7, 11) is 1.59. The van der Waals surface area contributed by atoms with Crippen molar-refractivity contribution in [1.29, 1.82) is 0 Å². The van der Waals surface area contributed by atoms with Gasteiger partial charge in [0.15, 0.2) is 0 Å². The minimum Gasteiger partial charge on any atom is -0.442 e. The Kier molecular flexibility index (Phi) is 4.33. The Morgan fingerprint density at radius 2 is 1.93 bits per heavy atom. The van der Waals surface area contributed by atoms with E-state index in [9.17, 15) is 9.18 Å². The molecule has 1 aliphatic rings. The number of halogens is 1. The van der Waals surface area contributed by atoms with Crippen LogP contribution in [0.15, 0.2) is 28.7 Å². The Morgan fingerprint density at radius 1 is 1.25 bits per heavy atom. The highest BCUT2D eigenvalue weighted by Gasteiger charge is 2.39. The molecule has 2 heterocycles. The van der Waals surface area contributed by atoms with Crippen LogP contribution in [0, 0.1) is 12.7 Å². The predicted molar refractivity (Wildman–Crippen MR) is 105 cm³/mol. The fourth-order valence-corrected chi connectivity index (χ4v) is 3.31. The standard InChI is InChI=1S/C21H23FN4O2/c1-11(13-5-7-14(22)8-6-13)17-24-18(26-21(3)9-10-21)16-15(19(27)23-4)12(2)28-20(16)25-17/h5-8,11H,9-10H2,1-4H3,(H,23,27)(H,24,25,26). The minimum absolute atomic E-state index is 0.0389. The molecule has 6 nitrogen and oxygen atoms in total. The highest BCUT2D eigenvalue weighted by Crippen LogP contribution is 2.41. The second-order valence-electron chi connectivity index (χ2n) is 7.68. The van der Waals surface area contributed by atoms with E-state index in [0.717, 1.165) is 18.4 Å². The number of aryl methyl sites for hydroxylation is 1. The molecule has 1 amide bonds. The zero-order valence-electron chi connectivity index (χ0n) is 16.4. The number of benzene rings is 1. The van der Waals surface area contributed by atoms with Gasteiger partial charge in [0.05, 0.1) is 10.9 Å². The number of anilines is 1. The van der Waals surface area contributed by atoms with Gasteiger partial charge in [-0.1, -0.05) is 19.1 Å². The van der Waals surface area contributed by atoms with Gasteiger partial charge in [0, 0.05) is 18.5 Å². The summed E-state index contributed by atoms with van der Waals surface area (Å²) in [6, 6.07) is 6.31. The lowest BCUT2D eigenvalue weighted by Crippen LogP contribution is -2.21. The van der Waals surface area contributed by atoms with E-state index in [4.69, 9.17) is 9.40 Å². The predicted octanol–water partition coefficient (Wildman–Crippen LogP) is 4.15. The van der Waals surface area contributed by atoms with Crippen molar-refractivity contribution in [2.45, 2.75) is 45.1 Å². The van der Waals surface area contributed by atoms with Gasteiger partial charge in [-0.3, -0.25) is 4.79 Å². The largest absolute Gasteiger partial charge is 0.442 e. The highest BCUT2D eigenvalue weighted by molar-refractivity contribution is 6.10. The smallest absolute Gasteiger partial charge is 0.255 e. The fraction of sp³-hybridized carbons (Fsp3) is 0.381. The number of fused-ring (bicyclic) bond motifs is 1. The minimum atomic E-state index is -0.284. The van der Waals surface area contributed by atoms with Crippen molar-refractivity contribution in [3.05, 3.63) is 52.8 Å². The monoisotopic (exact) mass is 382 g/mol. The van der Waals surface area contributed by atoms with Crippen molar-refractivity contribution in [2.75, 3.05) is 12.4 Å². The number of amides is 1. The molecule has 2 aromatic heterocycles. The van der Waals surface area contributed by atoms with Crippen LogP contribution in [0.3, 0.4) is 0 Å². The second-order valence-corrected chi connectivity index (χ2v) is 7.68. The van der Waals surface area contributed by atoms with E-state index < -0.39 is 0 Å². The van der Waals surface area contributed by atoms with Crippen LogP contribution in [-0.2, 0) is 0 Å². The van der Waals surface area contributed by atoms with Crippen LogP contribution >= 0.6 is 0 Å². The normalized spacial score (nSPS) is 16.0. The molecule has 0 saturated heterocycles. The fourth-order valence-electron chi connectivity index (χ4n) is 3.31. The molecule has 1 fully saturated rings. The molecule has 1 aliphatic carbocycles. The van der Waals surface area contributed by atoms with Gasteiger partial charge < -0.3 is 15.1 Å². The lowest BCUT2D eigenvalue weighted by atomic mass is 10.00. The number of rotatable bonds is 5. The third-order valence-corrected chi connectivity index (χ3v) is 5.38. The number of furan rings is 1. The van der Waals surface area contributed by atoms with E-state index in [-0.39, 0.29) is 23.2 Å². The molecule has 1 unspecified atom stereocenters. The van der Waals surface area contributed by atoms with Gasteiger partial charge in [-0.15, -0.1) is 0 Å². The summed E-state index contributed by atoms with van der Waals surface area (Å²) in [6.07, 6.45) is 2.07. The Hall–Kier alpha value is -2.96. The summed E-state index contributed by atoms with van der Waals surface area (Å²) >= 11 is 0. The lowest BCUT2D eigenvalue weighted by molar-refractivity contribution is 0.0963. The summed E-state index contributed by atoms with van der Waals surface area (Å²) in [6.45, 7) is 5.83. The van der Waals surface area contributed by atoms with Crippen molar-refractivity contribution < 1.29 is 13.6 Å². The van der Waals surface area contributed by atoms with E-state index >= 15 is 0 Å². The van der Waals surface area contributed by atoms with Crippen LogP contribution in [0.2, 0.25) is 0 Å². The van der Waals surface area contributed by atoms with E-state index in [1.165, 1.54) is 12.1 Å². The number of carbonyl (C=O) groups is 1. The molecule has 0 spiro atoms. The topological polar surface area (TPSA) is 80.1 Å². The highest BCUT2D eigenvalue weighted by atomic mass is 19.1. The van der Waals surface area contributed by atoms with Gasteiger partial charge in [-0.05, 0) is 44.4 Å². The van der Waals surface area contributed by atoms with Gasteiger partial charge in [-0.2, -0.15) is 4.98 Å². The van der Waals surface area contributed by atoms with Crippen LogP contribution in [0.1, 0.15) is 60.1 Å². The summed E-state index contributed by atoms with van der Waals surface area (Å²) in [5.41, 5.74) is 1.69. The maximum absolute atomic E-state index is 13.3. The molecule has 146 valence electrons. The first-order chi connectivity index (χ1) is 13.3. The van der Waals surface area contributed by atoms with Crippen LogP contribution in [0.4, 0.5) is 10.2 Å². The molecular weight excluding hydrogens is 359 g/mol. The third-order valence-electron chi connectivity index (χ3n) is 5.38. The Balaban J connectivity index is 1.87. The number of carbonyl (C=O) groups excluding carboxylic acids is 1. The zero-order chi connectivity index (χ0) is 20.1. The molecule has 0 radical (unpaired) electrons. The summed E-state index contributed by atoms with van der Waals surface area (Å²) < 4.78 is 19.1. The number of nitrogens with one attached hydrogen (secondary N) is 2. The van der Waals surface area contributed by atoms with Crippen molar-refractivity contribution >= 4 is 22.8 Å². The third kappa shape index (κ3) is 3.21. The van der Waals surface area contributed by atoms with Gasteiger partial charge >= 0.3 is 0 Å². The first kappa shape index (κ1) is 18.4. The molecule has 3 aromatic rings. The average molecular weight is 382 g/mol. The van der Waals surface area contributed by atoms with Crippen molar-refractivity contribution in [3.8, 4) is 0 Å². The molecular formula is C21H23FN4O2. The number of hydrogen-bond donors (Lipinski definition) is 2. The summed E-state index contributed by atoms with van der Waals surface area (Å²) in [5, 5.41) is 6.73. The number of hydrogen-bond acceptors (Lipinski definition) is 5. The summed E-state index contributed by atoms with van der Waals surface area (Å²) in [5.74, 6) is 0.981. The van der Waals surface area contributed by atoms with Gasteiger partial charge in [0.25, 0.3) is 5.91 Å². The quantitative estimate of drug-likeness (QED) is 0.693. The zero-order valence-corrected chi connectivity index (χ0v) is 16.4. The van der Waals surface area contributed by atoms with Crippen LogP contribution in [0.5, 0.6) is 0 Å². The Morgan fingerprint density at radius 3 is 2.54 bits per heavy atom. The van der Waals surface area contributed by atoms with E-state index in [1.807, 2.05) is 6.92 Å². The second kappa shape index (κ2) is 6.58. The Labute approximate surface area is 162 Å². The molecule has 1 atom stereocenters. The molecule has 7 heteroatoms. The maximum atomic E-state index is 13.3. The lowest BCUT2D eigenvalue weighted by Gasteiger charge is -2.17. The molecule has 1 saturated carbocycles. The first-order valence-electron chi connectivity index (χ1n) is 9.38. The number of nitrogens with zero attached hydrogens (tertiary/aromatic N) is 2. The molecule has 4 rings (SSSR count). The van der Waals surface area contributed by atoms with E-state index in [1.54, 1.807) is 26.1 Å². The SMILES string of the molecule is CNC(=O)c1c(C)oc2nc(C(C)c3ccc(F)cc3)nc(NC3(C)CC3)c12. The van der Waals surface area contributed by atoms with Gasteiger partial charge in [0.1, 0.15) is 23.2 Å². The number of aromatic nitrogens is 2. The molecule has 0 bridgehead atoms. The Bertz CT molecular complexity index is 1050. The van der Waals surface area contributed by atoms with E-state index in [2.05, 4.69) is 22.5 Å². The molecule has 28 heavy (non-hydrogen) atoms. The maximum Gasteiger partial charge on any atom is 0.255 e. The van der Waals surface area contributed by atoms with E-state index in [0.29, 0.717) is 34.1 Å². The molecule has 2 N–H and O–H groups in total. The summed E-state index contributed by atoms with van der Waals surface area (Å²) in [4.78, 5) is 21.8. The van der Waals surface area contributed by atoms with Crippen LogP contribution in [-0.4, -0.2) is 28.5 Å². The van der Waals surface area contributed by atoms with Crippen molar-refractivity contribution in [3.63, 3.8) is 0 Å². The molecule has 1 aromatic carbocycles. The molecule has 0 aliphatic heterocycles. The van der Waals surface area contributed by atoms with Crippen molar-refractivity contribution in [1.82, 2.24) is 15.3 Å². The van der Waals surface area contributed by atoms with Crippen LogP contribution < -0.4 is 10.6 Å². The first-order valence-corrected chi connectivity index (χ1v) is 9.38. The van der Waals surface area contributed by atoms with Crippen molar-refractivity contribution in [2.24, 2.45) is 0 Å². The van der Waals surface area contributed by atoms with Gasteiger partial charge in [-0.25, -0.2) is 9.37 Å². The van der Waals surface area contributed by atoms with Crippen LogP contribution in [0.25, 0.3) is 11.1 Å². The average Bonchev–Trinajstić information content (AvgIpc) is 3.29. The van der Waals surface area contributed by atoms with Gasteiger partial charge in [0.2, 0.25) is 5.71 Å².